The fraction of sp³-hybridized carbons (Fsp3) is 0.100. The second kappa shape index (κ2) is 3.34. The second-order valence-electron chi connectivity index (χ2n) is 3.41. The van der Waals surface area contributed by atoms with E-state index in [0.717, 1.165) is 16.7 Å². The maximum Gasteiger partial charge on any atom is 0.201 e. The summed E-state index contributed by atoms with van der Waals surface area (Å²) < 4.78 is 6.65. The van der Waals surface area contributed by atoms with Gasteiger partial charge in [-0.05, 0) is 6.07 Å². The summed E-state index contributed by atoms with van der Waals surface area (Å²) in [5.74, 6) is 0.450. The van der Waals surface area contributed by atoms with Gasteiger partial charge in [0.25, 0.3) is 0 Å². The molecule has 0 fully saturated rings. The molecule has 0 saturated heterocycles. The largest absolute Gasteiger partial charge is 0.369 e. The first-order chi connectivity index (χ1) is 7.84. The molecule has 2 N–H and O–H groups in total. The molecule has 0 spiro atoms. The van der Waals surface area contributed by atoms with Crippen LogP contribution >= 0.6 is 0 Å². The number of nitrogens with zero attached hydrogens (tertiary/aromatic N) is 4. The molecule has 3 aromatic heterocycles. The number of aromatic nitrogens is 4. The van der Waals surface area contributed by atoms with Crippen LogP contribution in [0.3, 0.4) is 0 Å². The lowest BCUT2D eigenvalue weighted by atomic mass is 10.4. The van der Waals surface area contributed by atoms with Gasteiger partial charge in [-0.25, -0.2) is 4.98 Å². The first-order valence-corrected chi connectivity index (χ1v) is 4.79. The topological polar surface area (TPSA) is 82.8 Å². The number of hydrogen-bond donors (Lipinski definition) is 1. The molecule has 0 amide bonds. The highest BCUT2D eigenvalue weighted by molar-refractivity contribution is 5.77. The quantitative estimate of drug-likeness (QED) is 0.690. The number of hydrogen-bond acceptors (Lipinski definition) is 5. The van der Waals surface area contributed by atoms with Gasteiger partial charge in [-0.15, -0.1) is 0 Å². The smallest absolute Gasteiger partial charge is 0.201 e. The van der Waals surface area contributed by atoms with Gasteiger partial charge in [-0.1, -0.05) is 5.16 Å². The number of nitrogen functional groups attached to an aromatic ring is 1. The number of rotatable bonds is 2. The highest BCUT2D eigenvalue weighted by atomic mass is 16.5. The van der Waals surface area contributed by atoms with Crippen LogP contribution in [0.4, 0.5) is 5.95 Å². The van der Waals surface area contributed by atoms with E-state index in [1.54, 1.807) is 18.5 Å². The van der Waals surface area contributed by atoms with Gasteiger partial charge in [0, 0.05) is 12.3 Å². The van der Waals surface area contributed by atoms with E-state index in [0.29, 0.717) is 12.5 Å². The fourth-order valence-corrected chi connectivity index (χ4v) is 1.65. The summed E-state index contributed by atoms with van der Waals surface area (Å²) in [6, 6.07) is 3.67. The van der Waals surface area contributed by atoms with Crippen LogP contribution in [0.2, 0.25) is 0 Å². The van der Waals surface area contributed by atoms with Gasteiger partial charge in [0.1, 0.15) is 17.5 Å². The van der Waals surface area contributed by atoms with Crippen molar-refractivity contribution in [2.24, 2.45) is 0 Å². The van der Waals surface area contributed by atoms with E-state index in [1.165, 1.54) is 6.26 Å². The van der Waals surface area contributed by atoms with Gasteiger partial charge >= 0.3 is 0 Å². The SMILES string of the molecule is Nc1nc2cnccc2n1Cc1ccon1. The molecule has 3 rings (SSSR count). The number of nitrogens with two attached hydrogens (primary N) is 1. The Balaban J connectivity index is 2.12. The average Bonchev–Trinajstić information content (AvgIpc) is 2.89. The van der Waals surface area contributed by atoms with Crippen LogP contribution in [0.5, 0.6) is 0 Å². The number of pyridine rings is 1. The van der Waals surface area contributed by atoms with Crippen LogP contribution < -0.4 is 5.73 Å². The molecule has 3 heterocycles. The number of anilines is 1. The van der Waals surface area contributed by atoms with Crippen molar-refractivity contribution in [2.45, 2.75) is 6.54 Å². The Hall–Kier alpha value is -2.37. The van der Waals surface area contributed by atoms with E-state index < -0.39 is 0 Å². The molecule has 0 atom stereocenters. The van der Waals surface area contributed by atoms with Gasteiger partial charge in [-0.2, -0.15) is 0 Å². The van der Waals surface area contributed by atoms with E-state index in [2.05, 4.69) is 15.1 Å². The molecule has 6 nitrogen and oxygen atoms in total. The van der Waals surface area contributed by atoms with Crippen molar-refractivity contribution < 1.29 is 4.52 Å². The van der Waals surface area contributed by atoms with Crippen LogP contribution in [0.15, 0.2) is 35.3 Å². The Morgan fingerprint density at radius 1 is 1.38 bits per heavy atom. The lowest BCUT2D eigenvalue weighted by molar-refractivity contribution is 0.410. The molecule has 80 valence electrons. The van der Waals surface area contributed by atoms with E-state index in [4.69, 9.17) is 10.3 Å². The maximum absolute atomic E-state index is 5.84. The molecule has 0 aliphatic carbocycles. The van der Waals surface area contributed by atoms with Crippen LogP contribution in [0.1, 0.15) is 5.69 Å². The van der Waals surface area contributed by atoms with Gasteiger partial charge < -0.3 is 14.8 Å². The zero-order valence-electron chi connectivity index (χ0n) is 8.37. The van der Waals surface area contributed by atoms with Gasteiger partial charge in [0.15, 0.2) is 0 Å². The molecule has 0 aromatic carbocycles. The van der Waals surface area contributed by atoms with Crippen LogP contribution in [0.25, 0.3) is 11.0 Å². The minimum atomic E-state index is 0.450. The normalized spacial score (nSPS) is 11.0. The minimum Gasteiger partial charge on any atom is -0.369 e. The van der Waals surface area contributed by atoms with Crippen LogP contribution in [-0.4, -0.2) is 19.7 Å². The third-order valence-corrected chi connectivity index (χ3v) is 2.39. The van der Waals surface area contributed by atoms with E-state index >= 15 is 0 Å². The monoisotopic (exact) mass is 215 g/mol. The molecule has 0 aliphatic rings. The highest BCUT2D eigenvalue weighted by Crippen LogP contribution is 2.17. The average molecular weight is 215 g/mol. The Morgan fingerprint density at radius 3 is 3.12 bits per heavy atom. The lowest BCUT2D eigenvalue weighted by Crippen LogP contribution is -2.04. The van der Waals surface area contributed by atoms with Gasteiger partial charge in [0.05, 0.1) is 18.3 Å². The standard InChI is InChI=1S/C10H9N5O/c11-10-13-8-5-12-3-1-9(8)15(10)6-7-2-4-16-14-7/h1-5H,6H2,(H2,11,13). The van der Waals surface area contributed by atoms with Crippen LogP contribution in [0, 0.1) is 0 Å². The zero-order valence-corrected chi connectivity index (χ0v) is 8.37. The van der Waals surface area contributed by atoms with Crippen molar-refractivity contribution in [3.8, 4) is 0 Å². The highest BCUT2D eigenvalue weighted by Gasteiger charge is 2.09. The van der Waals surface area contributed by atoms with E-state index in [9.17, 15) is 0 Å². The molecule has 0 aliphatic heterocycles. The molecule has 3 aromatic rings. The predicted octanol–water partition coefficient (Wildman–Crippen LogP) is 1.05. The molecular weight excluding hydrogens is 206 g/mol. The molecule has 6 heteroatoms. The van der Waals surface area contributed by atoms with Crippen molar-refractivity contribution in [1.29, 1.82) is 0 Å². The Kier molecular flexibility index (Phi) is 1.86. The fourth-order valence-electron chi connectivity index (χ4n) is 1.65. The Labute approximate surface area is 90.7 Å². The Morgan fingerprint density at radius 2 is 2.31 bits per heavy atom. The predicted molar refractivity (Wildman–Crippen MR) is 57.5 cm³/mol. The molecule has 0 saturated carbocycles. The van der Waals surface area contributed by atoms with E-state index in [1.807, 2.05) is 10.6 Å². The first-order valence-electron chi connectivity index (χ1n) is 4.79. The van der Waals surface area contributed by atoms with Crippen molar-refractivity contribution >= 4 is 17.0 Å². The summed E-state index contributed by atoms with van der Waals surface area (Å²) in [6.45, 7) is 0.544. The lowest BCUT2D eigenvalue weighted by Gasteiger charge is -2.02. The Bertz CT molecular complexity index is 613. The van der Waals surface area contributed by atoms with Crippen LogP contribution in [-0.2, 0) is 6.54 Å². The van der Waals surface area contributed by atoms with Gasteiger partial charge in [0.2, 0.25) is 5.95 Å². The summed E-state index contributed by atoms with van der Waals surface area (Å²) in [5.41, 5.74) is 8.37. The summed E-state index contributed by atoms with van der Waals surface area (Å²) >= 11 is 0. The molecular formula is C10H9N5O. The van der Waals surface area contributed by atoms with E-state index in [-0.39, 0.29) is 0 Å². The molecule has 0 unspecified atom stereocenters. The third kappa shape index (κ3) is 1.31. The van der Waals surface area contributed by atoms with Gasteiger partial charge in [-0.3, -0.25) is 4.98 Å². The molecule has 0 bridgehead atoms. The number of fused-ring (bicyclic) bond motifs is 1. The first kappa shape index (κ1) is 8.90. The summed E-state index contributed by atoms with van der Waals surface area (Å²) in [4.78, 5) is 8.21. The van der Waals surface area contributed by atoms with Crippen molar-refractivity contribution in [3.05, 3.63) is 36.5 Å². The minimum absolute atomic E-state index is 0.450. The van der Waals surface area contributed by atoms with Crippen molar-refractivity contribution in [3.63, 3.8) is 0 Å². The summed E-state index contributed by atoms with van der Waals surface area (Å²) in [6.07, 6.45) is 4.93. The summed E-state index contributed by atoms with van der Waals surface area (Å²) in [7, 11) is 0. The number of imidazole rings is 1. The molecule has 0 radical (unpaired) electrons. The maximum atomic E-state index is 5.84. The second-order valence-corrected chi connectivity index (χ2v) is 3.41. The summed E-state index contributed by atoms with van der Waals surface area (Å²) in [5, 5.41) is 3.84. The third-order valence-electron chi connectivity index (χ3n) is 2.39. The zero-order chi connectivity index (χ0) is 11.0. The molecule has 16 heavy (non-hydrogen) atoms. The van der Waals surface area contributed by atoms with Crippen molar-refractivity contribution in [2.75, 3.05) is 5.73 Å². The van der Waals surface area contributed by atoms with Crippen molar-refractivity contribution in [1.82, 2.24) is 19.7 Å².